The highest BCUT2D eigenvalue weighted by atomic mass is 16.6. The number of rotatable bonds is 5. The predicted molar refractivity (Wildman–Crippen MR) is 59.0 cm³/mol. The van der Waals surface area contributed by atoms with Crippen molar-refractivity contribution < 1.29 is 9.72 Å². The largest absolute Gasteiger partial charge is 0.381 e. The van der Waals surface area contributed by atoms with Crippen LogP contribution in [0.5, 0.6) is 0 Å². The van der Waals surface area contributed by atoms with E-state index in [9.17, 15) is 14.9 Å². The minimum Gasteiger partial charge on any atom is -0.381 e. The van der Waals surface area contributed by atoms with E-state index in [1.165, 1.54) is 6.92 Å². The van der Waals surface area contributed by atoms with Gasteiger partial charge in [-0.1, -0.05) is 30.3 Å². The Kier molecular flexibility index (Phi) is 4.20. The summed E-state index contributed by atoms with van der Waals surface area (Å²) in [6, 6.07) is 9.42. The van der Waals surface area contributed by atoms with Crippen LogP contribution in [0.2, 0.25) is 0 Å². The molecule has 0 unspecified atom stereocenters. The number of nitrogens with zero attached hydrogens (tertiary/aromatic N) is 1. The predicted octanol–water partition coefficient (Wildman–Crippen LogP) is 1.48. The number of nitro groups is 1. The Labute approximate surface area is 92.9 Å². The van der Waals surface area contributed by atoms with Crippen molar-refractivity contribution in [3.63, 3.8) is 0 Å². The van der Waals surface area contributed by atoms with Gasteiger partial charge in [0, 0.05) is 13.5 Å². The number of carbonyl (C=O) groups is 1. The molecule has 1 rings (SSSR count). The summed E-state index contributed by atoms with van der Waals surface area (Å²) in [5, 5.41) is 13.2. The van der Waals surface area contributed by atoms with E-state index in [0.717, 1.165) is 11.8 Å². The van der Waals surface area contributed by atoms with Gasteiger partial charge in [0.15, 0.2) is 0 Å². The van der Waals surface area contributed by atoms with Crippen molar-refractivity contribution in [2.75, 3.05) is 0 Å². The summed E-state index contributed by atoms with van der Waals surface area (Å²) in [7, 11) is 0. The van der Waals surface area contributed by atoms with Crippen molar-refractivity contribution in [1.29, 1.82) is 0 Å². The Hall–Kier alpha value is -2.17. The summed E-state index contributed by atoms with van der Waals surface area (Å²) in [6.45, 7) is 1.62. The monoisotopic (exact) mass is 220 g/mol. The lowest BCUT2D eigenvalue weighted by Gasteiger charge is -2.00. The van der Waals surface area contributed by atoms with Crippen LogP contribution in [0.15, 0.2) is 42.2 Å². The first-order valence-corrected chi connectivity index (χ1v) is 4.74. The zero-order valence-corrected chi connectivity index (χ0v) is 8.84. The van der Waals surface area contributed by atoms with E-state index in [-0.39, 0.29) is 0 Å². The average Bonchev–Trinajstić information content (AvgIpc) is 2.24. The molecule has 16 heavy (non-hydrogen) atoms. The molecular weight excluding hydrogens is 208 g/mol. The fourth-order valence-corrected chi connectivity index (χ4v) is 1.14. The van der Waals surface area contributed by atoms with E-state index in [1.54, 1.807) is 0 Å². The highest BCUT2D eigenvalue weighted by molar-refractivity contribution is 5.90. The van der Waals surface area contributed by atoms with Crippen molar-refractivity contribution in [2.45, 2.75) is 13.5 Å². The van der Waals surface area contributed by atoms with Crippen molar-refractivity contribution in [3.05, 3.63) is 57.9 Å². The Morgan fingerprint density at radius 1 is 1.44 bits per heavy atom. The van der Waals surface area contributed by atoms with Gasteiger partial charge in [-0.3, -0.25) is 14.9 Å². The average molecular weight is 220 g/mol. The van der Waals surface area contributed by atoms with Gasteiger partial charge in [-0.05, 0) is 5.56 Å². The van der Waals surface area contributed by atoms with E-state index < -0.39 is 16.4 Å². The molecule has 0 aromatic heterocycles. The Morgan fingerprint density at radius 3 is 2.56 bits per heavy atom. The maximum atomic E-state index is 10.9. The standard InChI is InChI=1S/C11H12N2O3/c1-9(14)11(13(15)16)8-12-7-10-5-3-2-4-6-10/h2-6,8,12H,7H2,1H3/b11-8+. The second kappa shape index (κ2) is 5.65. The van der Waals surface area contributed by atoms with Crippen LogP contribution in [0.4, 0.5) is 0 Å². The minimum atomic E-state index is -0.694. The van der Waals surface area contributed by atoms with E-state index in [4.69, 9.17) is 0 Å². The zero-order chi connectivity index (χ0) is 12.0. The van der Waals surface area contributed by atoms with E-state index >= 15 is 0 Å². The van der Waals surface area contributed by atoms with Gasteiger partial charge < -0.3 is 5.32 Å². The molecule has 0 saturated heterocycles. The molecule has 5 heteroatoms. The number of hydrogen-bond acceptors (Lipinski definition) is 4. The Balaban J connectivity index is 2.59. The molecule has 0 atom stereocenters. The molecule has 1 aromatic carbocycles. The Bertz CT molecular complexity index is 396. The van der Waals surface area contributed by atoms with Gasteiger partial charge in [-0.25, -0.2) is 0 Å². The Morgan fingerprint density at radius 2 is 2.06 bits per heavy atom. The summed E-state index contributed by atoms with van der Waals surface area (Å²) < 4.78 is 0. The van der Waals surface area contributed by atoms with Crippen LogP contribution in [-0.4, -0.2) is 10.7 Å². The molecule has 0 aliphatic heterocycles. The first-order valence-electron chi connectivity index (χ1n) is 4.74. The molecule has 1 N–H and O–H groups in total. The van der Waals surface area contributed by atoms with E-state index in [0.29, 0.717) is 6.54 Å². The summed E-state index contributed by atoms with van der Waals surface area (Å²) >= 11 is 0. The lowest BCUT2D eigenvalue weighted by molar-refractivity contribution is -0.419. The number of allylic oxidation sites excluding steroid dienone is 1. The number of nitrogens with one attached hydrogen (secondary N) is 1. The molecule has 0 bridgehead atoms. The third-order valence-electron chi connectivity index (χ3n) is 1.95. The molecule has 1 aromatic rings. The highest BCUT2D eigenvalue weighted by Gasteiger charge is 2.15. The van der Waals surface area contributed by atoms with Crippen LogP contribution >= 0.6 is 0 Å². The third-order valence-corrected chi connectivity index (χ3v) is 1.95. The summed E-state index contributed by atoms with van der Waals surface area (Å²) in [5.74, 6) is -0.564. The molecular formula is C11H12N2O3. The third kappa shape index (κ3) is 3.53. The second-order valence-corrected chi connectivity index (χ2v) is 3.21. The highest BCUT2D eigenvalue weighted by Crippen LogP contribution is 1.99. The minimum absolute atomic E-state index is 0.434. The molecule has 5 nitrogen and oxygen atoms in total. The number of hydrogen-bond donors (Lipinski definition) is 1. The smallest absolute Gasteiger partial charge is 0.327 e. The summed E-state index contributed by atoms with van der Waals surface area (Å²) in [4.78, 5) is 20.6. The van der Waals surface area contributed by atoms with Crippen molar-refractivity contribution >= 4 is 5.78 Å². The molecule has 0 aliphatic rings. The first-order chi connectivity index (χ1) is 7.61. The van der Waals surface area contributed by atoms with Gasteiger partial charge in [0.05, 0.1) is 11.1 Å². The molecule has 0 fully saturated rings. The molecule has 0 spiro atoms. The van der Waals surface area contributed by atoms with Crippen LogP contribution < -0.4 is 5.32 Å². The van der Waals surface area contributed by atoms with Gasteiger partial charge in [0.2, 0.25) is 5.78 Å². The number of ketones is 1. The molecule has 0 heterocycles. The molecule has 0 amide bonds. The van der Waals surface area contributed by atoms with Crippen molar-refractivity contribution in [2.24, 2.45) is 0 Å². The van der Waals surface area contributed by atoms with Gasteiger partial charge in [-0.2, -0.15) is 0 Å². The quantitative estimate of drug-likeness (QED) is 0.463. The van der Waals surface area contributed by atoms with Crippen LogP contribution in [0.3, 0.4) is 0 Å². The number of carbonyl (C=O) groups excluding carboxylic acids is 1. The zero-order valence-electron chi connectivity index (χ0n) is 8.84. The van der Waals surface area contributed by atoms with Crippen LogP contribution in [-0.2, 0) is 11.3 Å². The number of benzene rings is 1. The fourth-order valence-electron chi connectivity index (χ4n) is 1.14. The van der Waals surface area contributed by atoms with E-state index in [2.05, 4.69) is 5.32 Å². The van der Waals surface area contributed by atoms with Gasteiger partial charge >= 0.3 is 5.70 Å². The lowest BCUT2D eigenvalue weighted by atomic mass is 10.2. The van der Waals surface area contributed by atoms with Gasteiger partial charge in [0.25, 0.3) is 0 Å². The molecule has 84 valence electrons. The SMILES string of the molecule is CC(=O)/C(=C\NCc1ccccc1)[N+](=O)[O-]. The van der Waals surface area contributed by atoms with Crippen LogP contribution in [0.1, 0.15) is 12.5 Å². The number of Topliss-reactive ketones (excluding diaryl/α,β-unsaturated/α-hetero) is 1. The normalized spacial score (nSPS) is 10.9. The molecule has 0 radical (unpaired) electrons. The topological polar surface area (TPSA) is 72.2 Å². The van der Waals surface area contributed by atoms with Gasteiger partial charge in [0.1, 0.15) is 0 Å². The maximum absolute atomic E-state index is 10.9. The lowest BCUT2D eigenvalue weighted by Crippen LogP contribution is -2.14. The van der Waals surface area contributed by atoms with Crippen LogP contribution in [0, 0.1) is 10.1 Å². The summed E-state index contributed by atoms with van der Waals surface area (Å²) in [6.07, 6.45) is 1.13. The van der Waals surface area contributed by atoms with E-state index in [1.807, 2.05) is 30.3 Å². The van der Waals surface area contributed by atoms with Crippen molar-refractivity contribution in [3.8, 4) is 0 Å². The van der Waals surface area contributed by atoms with Crippen molar-refractivity contribution in [1.82, 2.24) is 5.32 Å². The molecule has 0 saturated carbocycles. The maximum Gasteiger partial charge on any atom is 0.327 e. The summed E-state index contributed by atoms with van der Waals surface area (Å²) in [5.41, 5.74) is 0.556. The molecule has 0 aliphatic carbocycles. The second-order valence-electron chi connectivity index (χ2n) is 3.21. The van der Waals surface area contributed by atoms with Crippen LogP contribution in [0.25, 0.3) is 0 Å². The van der Waals surface area contributed by atoms with Gasteiger partial charge in [-0.15, -0.1) is 0 Å². The first kappa shape index (κ1) is 11.9. The fraction of sp³-hybridized carbons (Fsp3) is 0.182.